The lowest BCUT2D eigenvalue weighted by Gasteiger charge is -2.03. The number of aliphatic hydroxyl groups is 1. The summed E-state index contributed by atoms with van der Waals surface area (Å²) in [5.41, 5.74) is 0. The van der Waals surface area contributed by atoms with Crippen molar-refractivity contribution in [1.29, 1.82) is 0 Å². The Morgan fingerprint density at radius 2 is 1.80 bits per heavy atom. The maximum atomic E-state index is 10.8. The Hall–Kier alpha value is -0.610. The van der Waals surface area contributed by atoms with Gasteiger partial charge in [-0.25, -0.2) is 4.79 Å². The smallest absolute Gasteiger partial charge is 0.332 e. The second-order valence-corrected chi connectivity index (χ2v) is 3.35. The second kappa shape index (κ2) is 11.5. The molecular formula is C11H22O4. The van der Waals surface area contributed by atoms with Crippen LogP contribution in [-0.2, 0) is 14.3 Å². The lowest BCUT2D eigenvalue weighted by molar-refractivity contribution is -0.148. The fourth-order valence-corrected chi connectivity index (χ4v) is 1.20. The zero-order valence-electron chi connectivity index (χ0n) is 9.54. The van der Waals surface area contributed by atoms with Crippen molar-refractivity contribution in [2.75, 3.05) is 26.4 Å². The summed E-state index contributed by atoms with van der Waals surface area (Å²) in [6.45, 7) is 3.13. The van der Waals surface area contributed by atoms with Crippen LogP contribution in [0.2, 0.25) is 0 Å². The van der Waals surface area contributed by atoms with Crippen molar-refractivity contribution in [3.05, 3.63) is 0 Å². The third-order valence-corrected chi connectivity index (χ3v) is 1.97. The van der Waals surface area contributed by atoms with E-state index in [0.717, 1.165) is 32.1 Å². The van der Waals surface area contributed by atoms with Gasteiger partial charge in [0.25, 0.3) is 0 Å². The van der Waals surface area contributed by atoms with Crippen LogP contribution in [0.25, 0.3) is 0 Å². The molecule has 0 amide bonds. The van der Waals surface area contributed by atoms with Crippen LogP contribution in [0.4, 0.5) is 0 Å². The molecule has 0 aromatic carbocycles. The van der Waals surface area contributed by atoms with Gasteiger partial charge in [0.2, 0.25) is 0 Å². The van der Waals surface area contributed by atoms with Gasteiger partial charge in [-0.15, -0.1) is 0 Å². The summed E-state index contributed by atoms with van der Waals surface area (Å²) < 4.78 is 9.84. The summed E-state index contributed by atoms with van der Waals surface area (Å²) in [4.78, 5) is 10.8. The minimum Gasteiger partial charge on any atom is -0.464 e. The molecule has 1 N–H and O–H groups in total. The third kappa shape index (κ3) is 11.3. The van der Waals surface area contributed by atoms with Crippen LogP contribution >= 0.6 is 0 Å². The highest BCUT2D eigenvalue weighted by atomic mass is 16.6. The Bertz CT molecular complexity index is 148. The van der Waals surface area contributed by atoms with E-state index in [4.69, 9.17) is 14.6 Å². The number of ether oxygens (including phenoxy) is 2. The number of carbonyl (C=O) groups excluding carboxylic acids is 1. The Morgan fingerprint density at radius 3 is 2.47 bits per heavy atom. The number of carbonyl (C=O) groups is 1. The van der Waals surface area contributed by atoms with Crippen LogP contribution in [0.1, 0.15) is 39.0 Å². The predicted molar refractivity (Wildman–Crippen MR) is 57.6 cm³/mol. The van der Waals surface area contributed by atoms with Crippen LogP contribution in [0.3, 0.4) is 0 Å². The van der Waals surface area contributed by atoms with E-state index in [9.17, 15) is 4.79 Å². The highest BCUT2D eigenvalue weighted by Gasteiger charge is 2.00. The standard InChI is InChI=1S/C11H22O4/c1-2-15-11(13)10-14-9-7-5-3-4-6-8-12/h12H,2-10H2,1H3. The molecule has 0 aliphatic rings. The summed E-state index contributed by atoms with van der Waals surface area (Å²) in [5.74, 6) is -0.294. The molecule has 0 aromatic heterocycles. The van der Waals surface area contributed by atoms with Crippen LogP contribution < -0.4 is 0 Å². The Labute approximate surface area is 91.6 Å². The van der Waals surface area contributed by atoms with Gasteiger partial charge in [-0.05, 0) is 19.8 Å². The molecule has 0 atom stereocenters. The summed E-state index contributed by atoms with van der Waals surface area (Å²) in [6, 6.07) is 0. The fourth-order valence-electron chi connectivity index (χ4n) is 1.20. The molecule has 90 valence electrons. The summed E-state index contributed by atoms with van der Waals surface area (Å²) in [6.07, 6.45) is 5.11. The summed E-state index contributed by atoms with van der Waals surface area (Å²) in [5, 5.41) is 8.54. The van der Waals surface area contributed by atoms with Crippen molar-refractivity contribution in [2.24, 2.45) is 0 Å². The van der Waals surface area contributed by atoms with Crippen LogP contribution in [0.5, 0.6) is 0 Å². The minimum absolute atomic E-state index is 0.0600. The SMILES string of the molecule is CCOC(=O)COCCCCCCCO. The molecule has 15 heavy (non-hydrogen) atoms. The van der Waals surface area contributed by atoms with Gasteiger partial charge in [-0.3, -0.25) is 0 Å². The second-order valence-electron chi connectivity index (χ2n) is 3.35. The van der Waals surface area contributed by atoms with Crippen molar-refractivity contribution in [3.63, 3.8) is 0 Å². The Kier molecular flexibility index (Phi) is 11.0. The van der Waals surface area contributed by atoms with Gasteiger partial charge in [-0.1, -0.05) is 19.3 Å². The molecule has 0 saturated carbocycles. The highest BCUT2D eigenvalue weighted by molar-refractivity contribution is 5.70. The number of esters is 1. The molecule has 4 heteroatoms. The average molecular weight is 218 g/mol. The molecule has 0 fully saturated rings. The number of aliphatic hydroxyl groups excluding tert-OH is 1. The maximum Gasteiger partial charge on any atom is 0.332 e. The monoisotopic (exact) mass is 218 g/mol. The van der Waals surface area contributed by atoms with E-state index in [1.54, 1.807) is 6.92 Å². The van der Waals surface area contributed by atoms with Crippen molar-refractivity contribution in [1.82, 2.24) is 0 Å². The molecule has 0 spiro atoms. The van der Waals surface area contributed by atoms with E-state index < -0.39 is 0 Å². The lowest BCUT2D eigenvalue weighted by atomic mass is 10.1. The van der Waals surface area contributed by atoms with Gasteiger partial charge in [-0.2, -0.15) is 0 Å². The molecule has 0 saturated heterocycles. The third-order valence-electron chi connectivity index (χ3n) is 1.97. The number of hydrogen-bond donors (Lipinski definition) is 1. The average Bonchev–Trinajstić information content (AvgIpc) is 2.22. The quantitative estimate of drug-likeness (QED) is 0.446. The first-order valence-electron chi connectivity index (χ1n) is 5.65. The first-order valence-corrected chi connectivity index (χ1v) is 5.65. The van der Waals surface area contributed by atoms with Gasteiger partial charge >= 0.3 is 5.97 Å². The van der Waals surface area contributed by atoms with Gasteiger partial charge in [0.05, 0.1) is 6.61 Å². The normalized spacial score (nSPS) is 10.3. The maximum absolute atomic E-state index is 10.8. The zero-order chi connectivity index (χ0) is 11.4. The van der Waals surface area contributed by atoms with Crippen LogP contribution in [0, 0.1) is 0 Å². The van der Waals surface area contributed by atoms with Crippen LogP contribution in [-0.4, -0.2) is 37.5 Å². The fraction of sp³-hybridized carbons (Fsp3) is 0.909. The van der Waals surface area contributed by atoms with Crippen molar-refractivity contribution in [2.45, 2.75) is 39.0 Å². The van der Waals surface area contributed by atoms with Gasteiger partial charge in [0.1, 0.15) is 6.61 Å². The van der Waals surface area contributed by atoms with E-state index in [-0.39, 0.29) is 19.2 Å². The molecule has 4 nitrogen and oxygen atoms in total. The first kappa shape index (κ1) is 14.4. The van der Waals surface area contributed by atoms with Crippen LogP contribution in [0.15, 0.2) is 0 Å². The van der Waals surface area contributed by atoms with Gasteiger partial charge in [0.15, 0.2) is 0 Å². The molecule has 0 unspecified atom stereocenters. The number of rotatable bonds is 10. The molecule has 0 radical (unpaired) electrons. The van der Waals surface area contributed by atoms with Crippen molar-refractivity contribution < 1.29 is 19.4 Å². The Balaban J connectivity index is 3.01. The molecular weight excluding hydrogens is 196 g/mol. The topological polar surface area (TPSA) is 55.8 Å². The summed E-state index contributed by atoms with van der Waals surface area (Å²) in [7, 11) is 0. The molecule has 0 rings (SSSR count). The van der Waals surface area contributed by atoms with Gasteiger partial charge < -0.3 is 14.6 Å². The highest BCUT2D eigenvalue weighted by Crippen LogP contribution is 2.02. The van der Waals surface area contributed by atoms with E-state index >= 15 is 0 Å². The summed E-state index contributed by atoms with van der Waals surface area (Å²) >= 11 is 0. The Morgan fingerprint density at radius 1 is 1.13 bits per heavy atom. The van der Waals surface area contributed by atoms with E-state index in [0.29, 0.717) is 13.2 Å². The van der Waals surface area contributed by atoms with Crippen molar-refractivity contribution >= 4 is 5.97 Å². The molecule has 0 bridgehead atoms. The van der Waals surface area contributed by atoms with Gasteiger partial charge in [0, 0.05) is 13.2 Å². The molecule has 0 heterocycles. The minimum atomic E-state index is -0.294. The van der Waals surface area contributed by atoms with E-state index in [1.165, 1.54) is 0 Å². The number of hydrogen-bond acceptors (Lipinski definition) is 4. The molecule has 0 aliphatic heterocycles. The molecule has 0 aliphatic carbocycles. The lowest BCUT2D eigenvalue weighted by Crippen LogP contribution is -2.12. The van der Waals surface area contributed by atoms with E-state index in [2.05, 4.69) is 0 Å². The largest absolute Gasteiger partial charge is 0.464 e. The van der Waals surface area contributed by atoms with Crippen molar-refractivity contribution in [3.8, 4) is 0 Å². The number of unbranched alkanes of at least 4 members (excludes halogenated alkanes) is 4. The predicted octanol–water partition coefficient (Wildman–Crippen LogP) is 1.51. The zero-order valence-corrected chi connectivity index (χ0v) is 9.54. The first-order chi connectivity index (χ1) is 7.31. The van der Waals surface area contributed by atoms with E-state index in [1.807, 2.05) is 0 Å². The molecule has 0 aromatic rings.